The number of hydrogen-bond donors (Lipinski definition) is 1. The number of fused-ring (bicyclic) bond motifs is 1. The average molecular weight is 209 g/mol. The molecule has 2 saturated carbocycles. The summed E-state index contributed by atoms with van der Waals surface area (Å²) >= 11 is 0. The Morgan fingerprint density at radius 3 is 1.73 bits per heavy atom. The van der Waals surface area contributed by atoms with E-state index in [1.807, 2.05) is 0 Å². The lowest BCUT2D eigenvalue weighted by Gasteiger charge is -2.27. The van der Waals surface area contributed by atoms with Crippen LogP contribution in [0.4, 0.5) is 0 Å². The zero-order valence-electron chi connectivity index (χ0n) is 10.8. The number of rotatable bonds is 0. The molecule has 1 heteroatoms. The van der Waals surface area contributed by atoms with Crippen LogP contribution in [0.1, 0.15) is 53.4 Å². The van der Waals surface area contributed by atoms with Gasteiger partial charge in [0, 0.05) is 6.04 Å². The molecule has 2 aliphatic rings. The molecule has 1 nitrogen and oxygen atoms in total. The van der Waals surface area contributed by atoms with Crippen LogP contribution in [0.25, 0.3) is 0 Å². The first-order valence-electron chi connectivity index (χ1n) is 6.64. The van der Waals surface area contributed by atoms with Gasteiger partial charge in [-0.15, -0.1) is 0 Å². The van der Waals surface area contributed by atoms with Gasteiger partial charge in [-0.05, 0) is 54.8 Å². The first-order valence-corrected chi connectivity index (χ1v) is 6.64. The second-order valence-corrected chi connectivity index (χ2v) is 7.09. The van der Waals surface area contributed by atoms with E-state index in [-0.39, 0.29) is 0 Å². The minimum atomic E-state index is 0.492. The highest BCUT2D eigenvalue weighted by molar-refractivity contribution is 4.95. The van der Waals surface area contributed by atoms with Crippen LogP contribution in [0, 0.1) is 29.1 Å². The predicted molar refractivity (Wildman–Crippen MR) is 65.5 cm³/mol. The minimum Gasteiger partial charge on any atom is -0.328 e. The second-order valence-electron chi connectivity index (χ2n) is 7.09. The van der Waals surface area contributed by atoms with Gasteiger partial charge in [-0.25, -0.2) is 0 Å². The van der Waals surface area contributed by atoms with Crippen molar-refractivity contribution in [2.24, 2.45) is 34.8 Å². The zero-order chi connectivity index (χ0) is 11.2. The summed E-state index contributed by atoms with van der Waals surface area (Å²) < 4.78 is 0. The summed E-state index contributed by atoms with van der Waals surface area (Å²) in [5.41, 5.74) is 6.69. The van der Waals surface area contributed by atoms with E-state index in [2.05, 4.69) is 27.7 Å². The summed E-state index contributed by atoms with van der Waals surface area (Å²) in [4.78, 5) is 0. The molecule has 2 N–H and O–H groups in total. The molecule has 4 unspecified atom stereocenters. The fourth-order valence-corrected chi connectivity index (χ4v) is 4.58. The van der Waals surface area contributed by atoms with Crippen molar-refractivity contribution in [2.75, 3.05) is 0 Å². The van der Waals surface area contributed by atoms with Gasteiger partial charge in [0.15, 0.2) is 0 Å². The van der Waals surface area contributed by atoms with Gasteiger partial charge in [-0.3, -0.25) is 0 Å². The van der Waals surface area contributed by atoms with Gasteiger partial charge in [-0.2, -0.15) is 0 Å². The molecule has 4 atom stereocenters. The van der Waals surface area contributed by atoms with Gasteiger partial charge in [0.1, 0.15) is 0 Å². The van der Waals surface area contributed by atoms with Crippen molar-refractivity contribution < 1.29 is 0 Å². The standard InChI is InChI=1S/C14H27N/c1-9-7-14(3,4)8-10(2)13-6-11(15)5-12(9)13/h9-13H,5-8,15H2,1-4H3. The largest absolute Gasteiger partial charge is 0.328 e. The van der Waals surface area contributed by atoms with E-state index in [0.717, 1.165) is 23.7 Å². The highest BCUT2D eigenvalue weighted by atomic mass is 14.7. The van der Waals surface area contributed by atoms with Gasteiger partial charge in [-0.1, -0.05) is 27.7 Å². The summed E-state index contributed by atoms with van der Waals surface area (Å²) in [7, 11) is 0. The quantitative estimate of drug-likeness (QED) is 0.650. The summed E-state index contributed by atoms with van der Waals surface area (Å²) in [6.45, 7) is 9.80. The summed E-state index contributed by atoms with van der Waals surface area (Å²) in [6, 6.07) is 0.492. The fourth-order valence-electron chi connectivity index (χ4n) is 4.58. The minimum absolute atomic E-state index is 0.492. The van der Waals surface area contributed by atoms with Gasteiger partial charge >= 0.3 is 0 Å². The van der Waals surface area contributed by atoms with Gasteiger partial charge < -0.3 is 5.73 Å². The maximum absolute atomic E-state index is 6.14. The molecule has 0 aliphatic heterocycles. The van der Waals surface area contributed by atoms with E-state index in [9.17, 15) is 0 Å². The van der Waals surface area contributed by atoms with E-state index in [1.165, 1.54) is 25.7 Å². The van der Waals surface area contributed by atoms with Crippen LogP contribution < -0.4 is 5.73 Å². The van der Waals surface area contributed by atoms with Crippen molar-refractivity contribution in [3.8, 4) is 0 Å². The Labute approximate surface area is 94.8 Å². The van der Waals surface area contributed by atoms with Crippen LogP contribution in [0.2, 0.25) is 0 Å². The van der Waals surface area contributed by atoms with Crippen LogP contribution in [0.15, 0.2) is 0 Å². The van der Waals surface area contributed by atoms with Gasteiger partial charge in [0.05, 0.1) is 0 Å². The third-order valence-corrected chi connectivity index (χ3v) is 4.91. The summed E-state index contributed by atoms with van der Waals surface area (Å²) in [5, 5.41) is 0. The first kappa shape index (κ1) is 11.4. The van der Waals surface area contributed by atoms with Crippen LogP contribution >= 0.6 is 0 Å². The van der Waals surface area contributed by atoms with E-state index in [4.69, 9.17) is 5.73 Å². The molecule has 15 heavy (non-hydrogen) atoms. The first-order chi connectivity index (χ1) is 6.89. The topological polar surface area (TPSA) is 26.0 Å². The molecule has 2 fully saturated rings. The van der Waals surface area contributed by atoms with Crippen molar-refractivity contribution in [2.45, 2.75) is 59.4 Å². The van der Waals surface area contributed by atoms with Crippen molar-refractivity contribution in [3.05, 3.63) is 0 Å². The van der Waals surface area contributed by atoms with E-state index >= 15 is 0 Å². The molecule has 0 radical (unpaired) electrons. The molecule has 0 saturated heterocycles. The molecule has 0 aromatic heterocycles. The lowest BCUT2D eigenvalue weighted by Crippen LogP contribution is -2.20. The molecule has 0 aromatic carbocycles. The Kier molecular flexibility index (Phi) is 2.87. The lowest BCUT2D eigenvalue weighted by atomic mass is 9.78. The third-order valence-electron chi connectivity index (χ3n) is 4.91. The second kappa shape index (κ2) is 3.76. The summed E-state index contributed by atoms with van der Waals surface area (Å²) in [6.07, 6.45) is 5.36. The SMILES string of the molecule is CC1CC(C)(C)CC(C)C2CC(N)CC12. The van der Waals surface area contributed by atoms with Crippen molar-refractivity contribution in [3.63, 3.8) is 0 Å². The Morgan fingerprint density at radius 2 is 1.33 bits per heavy atom. The Hall–Kier alpha value is -0.0400. The third kappa shape index (κ3) is 2.22. The molecular weight excluding hydrogens is 182 g/mol. The molecule has 0 amide bonds. The molecule has 88 valence electrons. The highest BCUT2D eigenvalue weighted by Crippen LogP contribution is 2.51. The Bertz CT molecular complexity index is 211. The van der Waals surface area contributed by atoms with Crippen molar-refractivity contribution in [1.29, 1.82) is 0 Å². The van der Waals surface area contributed by atoms with Crippen molar-refractivity contribution >= 4 is 0 Å². The number of nitrogens with two attached hydrogens (primary N) is 1. The van der Waals surface area contributed by atoms with Crippen LogP contribution in [0.5, 0.6) is 0 Å². The normalized spacial score (nSPS) is 49.8. The monoisotopic (exact) mass is 209 g/mol. The fraction of sp³-hybridized carbons (Fsp3) is 1.00. The molecule has 2 rings (SSSR count). The Morgan fingerprint density at radius 1 is 0.933 bits per heavy atom. The maximum atomic E-state index is 6.14. The molecule has 0 aromatic rings. The molecule has 0 heterocycles. The van der Waals surface area contributed by atoms with Gasteiger partial charge in [0.2, 0.25) is 0 Å². The Balaban J connectivity index is 2.18. The van der Waals surface area contributed by atoms with Crippen LogP contribution in [-0.4, -0.2) is 6.04 Å². The lowest BCUT2D eigenvalue weighted by molar-refractivity contribution is 0.235. The highest BCUT2D eigenvalue weighted by Gasteiger charge is 2.43. The van der Waals surface area contributed by atoms with E-state index < -0.39 is 0 Å². The maximum Gasteiger partial charge on any atom is 0.00445 e. The van der Waals surface area contributed by atoms with Crippen molar-refractivity contribution in [1.82, 2.24) is 0 Å². The smallest absolute Gasteiger partial charge is 0.00445 e. The average Bonchev–Trinajstić information content (AvgIpc) is 2.41. The van der Waals surface area contributed by atoms with E-state index in [0.29, 0.717) is 11.5 Å². The molecule has 2 aliphatic carbocycles. The van der Waals surface area contributed by atoms with E-state index in [1.54, 1.807) is 0 Å². The molecular formula is C14H27N. The zero-order valence-corrected chi connectivity index (χ0v) is 10.8. The van der Waals surface area contributed by atoms with Crippen LogP contribution in [0.3, 0.4) is 0 Å². The van der Waals surface area contributed by atoms with Crippen LogP contribution in [-0.2, 0) is 0 Å². The van der Waals surface area contributed by atoms with Gasteiger partial charge in [0.25, 0.3) is 0 Å². The molecule has 0 spiro atoms. The molecule has 0 bridgehead atoms. The predicted octanol–water partition coefficient (Wildman–Crippen LogP) is 3.43. The summed E-state index contributed by atoms with van der Waals surface area (Å²) in [5.74, 6) is 3.58. The number of hydrogen-bond acceptors (Lipinski definition) is 1.